The van der Waals surface area contributed by atoms with Crippen molar-refractivity contribution < 1.29 is 4.39 Å². The Bertz CT molecular complexity index is 94.9. The van der Waals surface area contributed by atoms with Crippen LogP contribution in [-0.4, -0.2) is 5.67 Å². The molecule has 1 unspecified atom stereocenters. The summed E-state index contributed by atoms with van der Waals surface area (Å²) < 4.78 is 13.6. The highest BCUT2D eigenvalue weighted by atomic mass is 19.1. The molecule has 10 heavy (non-hydrogen) atoms. The van der Waals surface area contributed by atoms with Gasteiger partial charge in [-0.25, -0.2) is 4.39 Å². The van der Waals surface area contributed by atoms with Gasteiger partial charge in [0.1, 0.15) is 5.67 Å². The van der Waals surface area contributed by atoms with Crippen LogP contribution < -0.4 is 0 Å². The van der Waals surface area contributed by atoms with Crippen LogP contribution in [0.5, 0.6) is 0 Å². The van der Waals surface area contributed by atoms with Crippen LogP contribution >= 0.6 is 0 Å². The van der Waals surface area contributed by atoms with E-state index in [0.29, 0.717) is 0 Å². The molecule has 0 aromatic carbocycles. The standard InChI is InChI=1S/C9H19F/c1-6-8(4)9(5,10)7(2)3/h7-8H,6H2,1-5H3/t8?,9-/m1/s1. The first kappa shape index (κ1) is 9.93. The lowest BCUT2D eigenvalue weighted by atomic mass is 9.82. The monoisotopic (exact) mass is 146 g/mol. The van der Waals surface area contributed by atoms with Gasteiger partial charge in [-0.15, -0.1) is 0 Å². The van der Waals surface area contributed by atoms with Crippen LogP contribution in [0.25, 0.3) is 0 Å². The average molecular weight is 146 g/mol. The van der Waals surface area contributed by atoms with Crippen LogP contribution in [-0.2, 0) is 0 Å². The Morgan fingerprint density at radius 3 is 1.80 bits per heavy atom. The van der Waals surface area contributed by atoms with Crippen molar-refractivity contribution in [2.75, 3.05) is 0 Å². The Kier molecular flexibility index (Phi) is 3.34. The second-order valence-corrected chi connectivity index (χ2v) is 3.62. The number of halogens is 1. The van der Waals surface area contributed by atoms with Gasteiger partial charge in [0.2, 0.25) is 0 Å². The van der Waals surface area contributed by atoms with Crippen molar-refractivity contribution in [1.29, 1.82) is 0 Å². The minimum Gasteiger partial charge on any atom is -0.244 e. The fourth-order valence-electron chi connectivity index (χ4n) is 0.968. The lowest BCUT2D eigenvalue weighted by Crippen LogP contribution is -2.33. The molecular weight excluding hydrogens is 127 g/mol. The summed E-state index contributed by atoms with van der Waals surface area (Å²) in [5.41, 5.74) is -0.991. The van der Waals surface area contributed by atoms with Gasteiger partial charge in [0, 0.05) is 0 Å². The summed E-state index contributed by atoms with van der Waals surface area (Å²) in [6, 6.07) is 0. The quantitative estimate of drug-likeness (QED) is 0.572. The minimum atomic E-state index is -0.991. The van der Waals surface area contributed by atoms with E-state index in [0.717, 1.165) is 6.42 Å². The van der Waals surface area contributed by atoms with Crippen molar-refractivity contribution in [2.45, 2.75) is 46.7 Å². The van der Waals surface area contributed by atoms with Gasteiger partial charge in [0.05, 0.1) is 0 Å². The normalized spacial score (nSPS) is 20.7. The van der Waals surface area contributed by atoms with E-state index in [-0.39, 0.29) is 11.8 Å². The van der Waals surface area contributed by atoms with Gasteiger partial charge >= 0.3 is 0 Å². The lowest BCUT2D eigenvalue weighted by molar-refractivity contribution is 0.0566. The average Bonchev–Trinajstić information content (AvgIpc) is 1.86. The van der Waals surface area contributed by atoms with Crippen molar-refractivity contribution in [3.63, 3.8) is 0 Å². The van der Waals surface area contributed by atoms with Crippen molar-refractivity contribution in [1.82, 2.24) is 0 Å². The summed E-state index contributed by atoms with van der Waals surface area (Å²) in [7, 11) is 0. The first-order valence-electron chi connectivity index (χ1n) is 4.11. The predicted molar refractivity (Wildman–Crippen MR) is 43.8 cm³/mol. The molecule has 0 heterocycles. The molecule has 1 heteroatoms. The summed E-state index contributed by atoms with van der Waals surface area (Å²) in [5, 5.41) is 0. The molecule has 0 radical (unpaired) electrons. The largest absolute Gasteiger partial charge is 0.244 e. The van der Waals surface area contributed by atoms with Crippen molar-refractivity contribution in [2.24, 2.45) is 11.8 Å². The zero-order valence-corrected chi connectivity index (χ0v) is 7.74. The first-order chi connectivity index (χ1) is 4.42. The van der Waals surface area contributed by atoms with E-state index in [1.807, 2.05) is 27.7 Å². The van der Waals surface area contributed by atoms with Gasteiger partial charge in [-0.2, -0.15) is 0 Å². The van der Waals surface area contributed by atoms with Gasteiger partial charge in [-0.1, -0.05) is 34.1 Å². The van der Waals surface area contributed by atoms with Gasteiger partial charge in [0.15, 0.2) is 0 Å². The zero-order valence-electron chi connectivity index (χ0n) is 7.74. The van der Waals surface area contributed by atoms with E-state index in [4.69, 9.17) is 0 Å². The summed E-state index contributed by atoms with van der Waals surface area (Å²) in [6.07, 6.45) is 0.922. The molecule has 0 spiro atoms. The fraction of sp³-hybridized carbons (Fsp3) is 1.00. The second kappa shape index (κ2) is 3.36. The predicted octanol–water partition coefficient (Wildman–Crippen LogP) is 3.42. The third-order valence-corrected chi connectivity index (χ3v) is 2.70. The first-order valence-corrected chi connectivity index (χ1v) is 4.11. The van der Waals surface area contributed by atoms with Gasteiger partial charge in [0.25, 0.3) is 0 Å². The molecule has 0 bridgehead atoms. The van der Waals surface area contributed by atoms with Crippen molar-refractivity contribution in [3.05, 3.63) is 0 Å². The summed E-state index contributed by atoms with van der Waals surface area (Å²) in [4.78, 5) is 0. The SMILES string of the molecule is CCC(C)[C@](C)(F)C(C)C. The fourth-order valence-corrected chi connectivity index (χ4v) is 0.968. The smallest absolute Gasteiger partial charge is 0.113 e. The van der Waals surface area contributed by atoms with Crippen LogP contribution in [0.2, 0.25) is 0 Å². The Labute approximate surface area is 63.8 Å². The maximum atomic E-state index is 13.6. The zero-order chi connectivity index (χ0) is 8.36. The minimum absolute atomic E-state index is 0.127. The Morgan fingerprint density at radius 1 is 1.30 bits per heavy atom. The highest BCUT2D eigenvalue weighted by molar-refractivity contribution is 4.81. The molecule has 0 aromatic rings. The van der Waals surface area contributed by atoms with E-state index >= 15 is 0 Å². The van der Waals surface area contributed by atoms with E-state index in [1.54, 1.807) is 6.92 Å². The molecule has 0 aliphatic heterocycles. The van der Waals surface area contributed by atoms with Crippen LogP contribution in [0.15, 0.2) is 0 Å². The summed E-state index contributed by atoms with van der Waals surface area (Å²) >= 11 is 0. The maximum Gasteiger partial charge on any atom is 0.113 e. The molecule has 2 atom stereocenters. The lowest BCUT2D eigenvalue weighted by Gasteiger charge is -2.30. The molecular formula is C9H19F. The van der Waals surface area contributed by atoms with E-state index in [1.165, 1.54) is 0 Å². The van der Waals surface area contributed by atoms with E-state index in [2.05, 4.69) is 0 Å². The number of hydrogen-bond donors (Lipinski definition) is 0. The molecule has 62 valence electrons. The van der Waals surface area contributed by atoms with Crippen molar-refractivity contribution in [3.8, 4) is 0 Å². The Hall–Kier alpha value is -0.0700. The number of hydrogen-bond acceptors (Lipinski definition) is 0. The van der Waals surface area contributed by atoms with Gasteiger partial charge < -0.3 is 0 Å². The Balaban J connectivity index is 4.09. The highest BCUT2D eigenvalue weighted by Gasteiger charge is 2.32. The molecule has 0 aliphatic rings. The van der Waals surface area contributed by atoms with Crippen LogP contribution in [0.1, 0.15) is 41.0 Å². The number of alkyl halides is 1. The summed E-state index contributed by atoms with van der Waals surface area (Å²) in [6.45, 7) is 9.58. The molecule has 0 aliphatic carbocycles. The maximum absolute atomic E-state index is 13.6. The van der Waals surface area contributed by atoms with E-state index in [9.17, 15) is 4.39 Å². The molecule has 0 saturated carbocycles. The topological polar surface area (TPSA) is 0 Å². The van der Waals surface area contributed by atoms with E-state index < -0.39 is 5.67 Å². The third kappa shape index (κ3) is 1.96. The molecule has 0 N–H and O–H groups in total. The second-order valence-electron chi connectivity index (χ2n) is 3.62. The molecule has 0 rings (SSSR count). The summed E-state index contributed by atoms with van der Waals surface area (Å²) in [5.74, 6) is 0.301. The van der Waals surface area contributed by atoms with Gasteiger partial charge in [-0.3, -0.25) is 0 Å². The molecule has 0 aromatic heterocycles. The van der Waals surface area contributed by atoms with Gasteiger partial charge in [-0.05, 0) is 18.8 Å². The Morgan fingerprint density at radius 2 is 1.70 bits per heavy atom. The molecule has 0 fully saturated rings. The highest BCUT2D eigenvalue weighted by Crippen LogP contribution is 2.31. The van der Waals surface area contributed by atoms with Crippen molar-refractivity contribution >= 4 is 0 Å². The van der Waals surface area contributed by atoms with Crippen LogP contribution in [0.3, 0.4) is 0 Å². The molecule has 0 amide bonds. The molecule has 0 saturated heterocycles. The van der Waals surface area contributed by atoms with Crippen LogP contribution in [0, 0.1) is 11.8 Å². The molecule has 0 nitrogen and oxygen atoms in total. The third-order valence-electron chi connectivity index (χ3n) is 2.70. The number of rotatable bonds is 3. The van der Waals surface area contributed by atoms with Crippen LogP contribution in [0.4, 0.5) is 4.39 Å².